The van der Waals surface area contributed by atoms with Crippen LogP contribution in [0.25, 0.3) is 0 Å². The first kappa shape index (κ1) is 13.1. The van der Waals surface area contributed by atoms with Crippen molar-refractivity contribution in [2.24, 2.45) is 0 Å². The van der Waals surface area contributed by atoms with E-state index in [1.807, 2.05) is 0 Å². The number of aliphatic carboxylic acids is 2. The minimum atomic E-state index is -2.86. The Morgan fingerprint density at radius 3 is 2.00 bits per heavy atom. The summed E-state index contributed by atoms with van der Waals surface area (Å²) in [5.74, 6) is -3.63. The van der Waals surface area contributed by atoms with Gasteiger partial charge < -0.3 is 20.4 Å². The first-order valence-electron chi connectivity index (χ1n) is 4.74. The lowest BCUT2D eigenvalue weighted by atomic mass is 9.87. The Balaban J connectivity index is 3.30. The van der Waals surface area contributed by atoms with E-state index in [2.05, 4.69) is 0 Å². The van der Waals surface area contributed by atoms with Crippen molar-refractivity contribution in [1.82, 2.24) is 0 Å². The van der Waals surface area contributed by atoms with Gasteiger partial charge >= 0.3 is 11.9 Å². The van der Waals surface area contributed by atoms with Gasteiger partial charge in [-0.3, -0.25) is 0 Å². The second-order valence-electron chi connectivity index (χ2n) is 3.68. The monoisotopic (exact) mass is 240 g/mol. The molecule has 0 spiro atoms. The minimum Gasteiger partial charge on any atom is -0.479 e. The van der Waals surface area contributed by atoms with Gasteiger partial charge in [0.15, 0.2) is 6.10 Å². The molecule has 0 amide bonds. The third-order valence-electron chi connectivity index (χ3n) is 2.45. The maximum atomic E-state index is 11.0. The first-order chi connectivity index (χ1) is 7.80. The summed E-state index contributed by atoms with van der Waals surface area (Å²) in [4.78, 5) is 21.6. The molecule has 17 heavy (non-hydrogen) atoms. The molecule has 0 aromatic heterocycles. The third-order valence-corrected chi connectivity index (χ3v) is 2.45. The number of carboxylic acid groups (broad SMARTS) is 2. The number of aliphatic hydroxyl groups excluding tert-OH is 1. The minimum absolute atomic E-state index is 0.189. The number of aliphatic hydroxyl groups is 2. The Labute approximate surface area is 96.8 Å². The van der Waals surface area contributed by atoms with Crippen LogP contribution in [0.5, 0.6) is 0 Å². The van der Waals surface area contributed by atoms with E-state index in [1.165, 1.54) is 24.3 Å². The highest BCUT2D eigenvalue weighted by molar-refractivity contribution is 5.88. The summed E-state index contributed by atoms with van der Waals surface area (Å²) < 4.78 is 0. The van der Waals surface area contributed by atoms with Gasteiger partial charge in [0.2, 0.25) is 5.60 Å². The summed E-state index contributed by atoms with van der Waals surface area (Å²) in [6.45, 7) is 1.75. The van der Waals surface area contributed by atoms with Gasteiger partial charge in [0, 0.05) is 0 Å². The predicted molar refractivity (Wildman–Crippen MR) is 56.4 cm³/mol. The number of carboxylic acids is 2. The van der Waals surface area contributed by atoms with E-state index in [9.17, 15) is 19.8 Å². The van der Waals surface area contributed by atoms with Gasteiger partial charge in [-0.2, -0.15) is 0 Å². The fourth-order valence-corrected chi connectivity index (χ4v) is 1.38. The molecular formula is C11H12O6. The van der Waals surface area contributed by atoms with Gasteiger partial charge in [-0.25, -0.2) is 9.59 Å². The molecule has 0 saturated carbocycles. The summed E-state index contributed by atoms with van der Waals surface area (Å²) in [5, 5.41) is 36.7. The van der Waals surface area contributed by atoms with Crippen LogP contribution in [-0.2, 0) is 15.2 Å². The molecule has 0 radical (unpaired) electrons. The van der Waals surface area contributed by atoms with E-state index in [0.29, 0.717) is 0 Å². The van der Waals surface area contributed by atoms with Gasteiger partial charge in [-0.05, 0) is 12.5 Å². The fourth-order valence-electron chi connectivity index (χ4n) is 1.38. The molecule has 0 heterocycles. The fraction of sp³-hybridized carbons (Fsp3) is 0.273. The first-order valence-corrected chi connectivity index (χ1v) is 4.74. The summed E-state index contributed by atoms with van der Waals surface area (Å²) in [6, 6.07) is 5.54. The van der Waals surface area contributed by atoms with Crippen LogP contribution in [0.2, 0.25) is 0 Å². The Kier molecular flexibility index (Phi) is 3.50. The van der Waals surface area contributed by atoms with Crippen molar-refractivity contribution in [2.45, 2.75) is 18.6 Å². The molecule has 0 bridgehead atoms. The van der Waals surface area contributed by atoms with Crippen LogP contribution >= 0.6 is 0 Å². The van der Waals surface area contributed by atoms with Crippen molar-refractivity contribution in [3.63, 3.8) is 0 Å². The van der Waals surface area contributed by atoms with Crippen LogP contribution < -0.4 is 0 Å². The zero-order valence-corrected chi connectivity index (χ0v) is 8.99. The lowest BCUT2D eigenvalue weighted by Gasteiger charge is -2.26. The van der Waals surface area contributed by atoms with Gasteiger partial charge in [0.05, 0.1) is 0 Å². The van der Waals surface area contributed by atoms with Gasteiger partial charge in [-0.1, -0.05) is 29.8 Å². The summed E-state index contributed by atoms with van der Waals surface area (Å²) in [5.41, 5.74) is -2.24. The van der Waals surface area contributed by atoms with E-state index in [-0.39, 0.29) is 5.56 Å². The molecular weight excluding hydrogens is 228 g/mol. The molecule has 2 atom stereocenters. The summed E-state index contributed by atoms with van der Waals surface area (Å²) >= 11 is 0. The van der Waals surface area contributed by atoms with E-state index in [4.69, 9.17) is 10.2 Å². The number of aryl methyl sites for hydroxylation is 1. The van der Waals surface area contributed by atoms with Crippen LogP contribution in [0, 0.1) is 6.92 Å². The second-order valence-corrected chi connectivity index (χ2v) is 3.68. The summed E-state index contributed by atoms with van der Waals surface area (Å²) in [6.07, 6.45) is -2.44. The maximum Gasteiger partial charge on any atom is 0.343 e. The Morgan fingerprint density at radius 1 is 1.18 bits per heavy atom. The van der Waals surface area contributed by atoms with Gasteiger partial charge in [0.1, 0.15) is 0 Å². The Bertz CT molecular complexity index is 438. The normalized spacial score (nSPS) is 15.9. The predicted octanol–water partition coefficient (Wildman–Crippen LogP) is -0.287. The highest BCUT2D eigenvalue weighted by atomic mass is 16.4. The number of hydrogen-bond acceptors (Lipinski definition) is 4. The molecule has 0 saturated heterocycles. The lowest BCUT2D eigenvalue weighted by molar-refractivity contribution is -0.185. The Morgan fingerprint density at radius 2 is 1.65 bits per heavy atom. The van der Waals surface area contributed by atoms with Crippen LogP contribution in [-0.4, -0.2) is 38.5 Å². The van der Waals surface area contributed by atoms with Crippen LogP contribution in [0.3, 0.4) is 0 Å². The average molecular weight is 240 g/mol. The van der Waals surface area contributed by atoms with Crippen LogP contribution in [0.1, 0.15) is 11.1 Å². The third kappa shape index (κ3) is 2.27. The summed E-state index contributed by atoms with van der Waals surface area (Å²) in [7, 11) is 0. The van der Waals surface area contributed by atoms with Crippen molar-refractivity contribution < 1.29 is 30.0 Å². The van der Waals surface area contributed by atoms with E-state index < -0.39 is 23.6 Å². The molecule has 1 aromatic carbocycles. The zero-order chi connectivity index (χ0) is 13.2. The van der Waals surface area contributed by atoms with Crippen molar-refractivity contribution in [2.75, 3.05) is 0 Å². The maximum absolute atomic E-state index is 11.0. The molecule has 1 aromatic rings. The number of rotatable bonds is 4. The highest BCUT2D eigenvalue weighted by Crippen LogP contribution is 2.26. The molecule has 0 fully saturated rings. The molecule has 0 aliphatic carbocycles. The molecule has 0 aliphatic heterocycles. The van der Waals surface area contributed by atoms with Crippen molar-refractivity contribution in [3.8, 4) is 0 Å². The standard InChI is InChI=1S/C11H12O6/c1-6-2-4-7(5-3-6)11(17,10(15)16)8(12)9(13)14/h2-5,8,12,17H,1H3,(H,13,14)(H,15,16)/t8-,11+/m0/s1. The molecule has 92 valence electrons. The molecule has 0 aliphatic rings. The molecule has 1 rings (SSSR count). The van der Waals surface area contributed by atoms with Crippen LogP contribution in [0.15, 0.2) is 24.3 Å². The van der Waals surface area contributed by atoms with Crippen molar-refractivity contribution in [1.29, 1.82) is 0 Å². The van der Waals surface area contributed by atoms with Gasteiger partial charge in [-0.15, -0.1) is 0 Å². The van der Waals surface area contributed by atoms with E-state index >= 15 is 0 Å². The van der Waals surface area contributed by atoms with E-state index in [1.54, 1.807) is 6.92 Å². The van der Waals surface area contributed by atoms with Crippen molar-refractivity contribution >= 4 is 11.9 Å². The lowest BCUT2D eigenvalue weighted by Crippen LogP contribution is -2.50. The Hall–Kier alpha value is -1.92. The van der Waals surface area contributed by atoms with Gasteiger partial charge in [0.25, 0.3) is 0 Å². The second kappa shape index (κ2) is 4.52. The number of benzene rings is 1. The smallest absolute Gasteiger partial charge is 0.343 e. The molecule has 6 heteroatoms. The topological polar surface area (TPSA) is 115 Å². The molecule has 4 N–H and O–H groups in total. The average Bonchev–Trinajstić information content (AvgIpc) is 2.27. The largest absolute Gasteiger partial charge is 0.479 e. The van der Waals surface area contributed by atoms with Crippen LogP contribution in [0.4, 0.5) is 0 Å². The molecule has 6 nitrogen and oxygen atoms in total. The highest BCUT2D eigenvalue weighted by Gasteiger charge is 2.49. The SMILES string of the molecule is Cc1ccc([C@](O)(C(=O)O)[C@@H](O)C(=O)O)cc1. The van der Waals surface area contributed by atoms with E-state index in [0.717, 1.165) is 5.56 Å². The molecule has 0 unspecified atom stereocenters. The number of carbonyl (C=O) groups is 2. The number of hydrogen-bond donors (Lipinski definition) is 4. The zero-order valence-electron chi connectivity index (χ0n) is 8.99. The van der Waals surface area contributed by atoms with Crippen molar-refractivity contribution in [3.05, 3.63) is 35.4 Å². The quantitative estimate of drug-likeness (QED) is 0.575.